The van der Waals surface area contributed by atoms with Crippen molar-refractivity contribution in [2.24, 2.45) is 0 Å². The van der Waals surface area contributed by atoms with Gasteiger partial charge in [-0.2, -0.15) is 0 Å². The van der Waals surface area contributed by atoms with Gasteiger partial charge in [-0.3, -0.25) is 4.79 Å². The van der Waals surface area contributed by atoms with E-state index in [2.05, 4.69) is 15.2 Å². The molecule has 22 heavy (non-hydrogen) atoms. The van der Waals surface area contributed by atoms with Gasteiger partial charge in [-0.1, -0.05) is 19.3 Å². The lowest BCUT2D eigenvalue weighted by Crippen LogP contribution is -2.44. The lowest BCUT2D eigenvalue weighted by atomic mass is 9.84. The first-order valence-corrected chi connectivity index (χ1v) is 8.42. The summed E-state index contributed by atoms with van der Waals surface area (Å²) in [5.41, 5.74) is -0.547. The molecule has 0 aromatic carbocycles. The molecular weight excluding hydrogens is 278 g/mol. The van der Waals surface area contributed by atoms with Gasteiger partial charge in [0.15, 0.2) is 0 Å². The van der Waals surface area contributed by atoms with E-state index in [9.17, 15) is 9.90 Å². The molecule has 0 spiro atoms. The number of rotatable bonds is 3. The first-order valence-electron chi connectivity index (χ1n) is 8.42. The van der Waals surface area contributed by atoms with Crippen molar-refractivity contribution in [2.75, 3.05) is 23.3 Å². The fourth-order valence-electron chi connectivity index (χ4n) is 3.38. The van der Waals surface area contributed by atoms with Crippen LogP contribution in [-0.2, 0) is 4.79 Å². The van der Waals surface area contributed by atoms with Gasteiger partial charge in [0.25, 0.3) is 5.91 Å². The van der Waals surface area contributed by atoms with Crippen LogP contribution in [0.3, 0.4) is 0 Å². The Kier molecular flexibility index (Phi) is 4.62. The Morgan fingerprint density at radius 1 is 1.09 bits per heavy atom. The molecule has 2 fully saturated rings. The van der Waals surface area contributed by atoms with Crippen LogP contribution in [0.15, 0.2) is 18.3 Å². The monoisotopic (exact) mass is 303 g/mol. The van der Waals surface area contributed by atoms with E-state index >= 15 is 0 Å². The van der Waals surface area contributed by atoms with Gasteiger partial charge in [0.1, 0.15) is 11.4 Å². The molecule has 1 aromatic rings. The highest BCUT2D eigenvalue weighted by Gasteiger charge is 2.37. The average molecular weight is 303 g/mol. The molecule has 0 unspecified atom stereocenters. The largest absolute Gasteiger partial charge is 0.380 e. The molecule has 0 radical (unpaired) electrons. The van der Waals surface area contributed by atoms with Gasteiger partial charge in [0.2, 0.25) is 0 Å². The van der Waals surface area contributed by atoms with Gasteiger partial charge in [-0.15, -0.1) is 0 Å². The number of anilines is 2. The topological polar surface area (TPSA) is 65.5 Å². The van der Waals surface area contributed by atoms with Gasteiger partial charge < -0.3 is 15.3 Å². The van der Waals surface area contributed by atoms with Crippen LogP contribution in [0.4, 0.5) is 11.5 Å². The Labute approximate surface area is 131 Å². The number of aromatic nitrogens is 1. The van der Waals surface area contributed by atoms with Crippen molar-refractivity contribution >= 4 is 17.4 Å². The smallest absolute Gasteiger partial charge is 0.256 e. The van der Waals surface area contributed by atoms with Crippen LogP contribution in [0.2, 0.25) is 0 Å². The molecule has 2 N–H and O–H groups in total. The SMILES string of the molecule is O=C(Nc1ccc(N2CCCCC2)nc1)C1(O)CCCCC1. The van der Waals surface area contributed by atoms with Gasteiger partial charge in [-0.25, -0.2) is 4.98 Å². The maximum atomic E-state index is 12.3. The third-order valence-electron chi connectivity index (χ3n) is 4.79. The first-order chi connectivity index (χ1) is 10.7. The number of amides is 1. The molecule has 5 nitrogen and oxygen atoms in total. The first kappa shape index (κ1) is 15.3. The zero-order valence-corrected chi connectivity index (χ0v) is 13.1. The third kappa shape index (κ3) is 3.40. The number of carbonyl (C=O) groups excluding carboxylic acids is 1. The third-order valence-corrected chi connectivity index (χ3v) is 4.79. The normalized spacial score (nSPS) is 21.4. The van der Waals surface area contributed by atoms with Crippen LogP contribution in [0.1, 0.15) is 51.4 Å². The highest BCUT2D eigenvalue weighted by Crippen LogP contribution is 2.29. The van der Waals surface area contributed by atoms with E-state index in [1.165, 1.54) is 19.3 Å². The highest BCUT2D eigenvalue weighted by atomic mass is 16.3. The molecule has 1 aliphatic heterocycles. The number of hydrogen-bond donors (Lipinski definition) is 2. The summed E-state index contributed by atoms with van der Waals surface area (Å²) in [5, 5.41) is 13.2. The molecular formula is C17H25N3O2. The number of nitrogens with zero attached hydrogens (tertiary/aromatic N) is 2. The summed E-state index contributed by atoms with van der Waals surface area (Å²) in [6.07, 6.45) is 9.45. The van der Waals surface area contributed by atoms with Gasteiger partial charge in [-0.05, 0) is 44.2 Å². The molecule has 1 amide bonds. The number of hydrogen-bond acceptors (Lipinski definition) is 4. The molecule has 0 bridgehead atoms. The molecule has 1 aromatic heterocycles. The maximum absolute atomic E-state index is 12.3. The minimum absolute atomic E-state index is 0.292. The Balaban J connectivity index is 1.61. The number of nitrogens with one attached hydrogen (secondary N) is 1. The standard InChI is InChI=1S/C17H25N3O2/c21-16(17(22)9-3-1-4-10-17)19-14-7-8-15(18-13-14)20-11-5-2-6-12-20/h7-8,13,22H,1-6,9-12H2,(H,19,21). The zero-order chi connectivity index (χ0) is 15.4. The van der Waals surface area contributed by atoms with Crippen molar-refractivity contribution in [3.63, 3.8) is 0 Å². The average Bonchev–Trinajstić information content (AvgIpc) is 2.57. The number of pyridine rings is 1. The number of carbonyl (C=O) groups is 1. The van der Waals surface area contributed by atoms with E-state index in [0.717, 1.165) is 38.2 Å². The van der Waals surface area contributed by atoms with Crippen molar-refractivity contribution < 1.29 is 9.90 Å². The Bertz CT molecular complexity index is 503. The summed E-state index contributed by atoms with van der Waals surface area (Å²) in [4.78, 5) is 19.0. The lowest BCUT2D eigenvalue weighted by molar-refractivity contribution is -0.137. The van der Waals surface area contributed by atoms with Gasteiger partial charge in [0, 0.05) is 13.1 Å². The number of aliphatic hydroxyl groups is 1. The summed E-state index contributed by atoms with van der Waals surface area (Å²) >= 11 is 0. The van der Waals surface area contributed by atoms with E-state index in [0.29, 0.717) is 18.5 Å². The molecule has 3 rings (SSSR count). The van der Waals surface area contributed by atoms with Gasteiger partial charge in [0.05, 0.1) is 11.9 Å². The zero-order valence-electron chi connectivity index (χ0n) is 13.1. The van der Waals surface area contributed by atoms with E-state index < -0.39 is 5.60 Å². The lowest BCUT2D eigenvalue weighted by Gasteiger charge is -2.30. The van der Waals surface area contributed by atoms with Crippen LogP contribution in [0.25, 0.3) is 0 Å². The quantitative estimate of drug-likeness (QED) is 0.901. The van der Waals surface area contributed by atoms with E-state index in [1.807, 2.05) is 12.1 Å². The van der Waals surface area contributed by atoms with Crippen molar-refractivity contribution in [1.82, 2.24) is 4.98 Å². The second-order valence-corrected chi connectivity index (χ2v) is 6.50. The molecule has 1 saturated carbocycles. The summed E-state index contributed by atoms with van der Waals surface area (Å²) in [6, 6.07) is 3.83. The molecule has 1 saturated heterocycles. The summed E-state index contributed by atoms with van der Waals surface area (Å²) in [5.74, 6) is 0.675. The Hall–Kier alpha value is -1.62. The van der Waals surface area contributed by atoms with Crippen LogP contribution >= 0.6 is 0 Å². The molecule has 2 heterocycles. The Morgan fingerprint density at radius 3 is 2.41 bits per heavy atom. The van der Waals surface area contributed by atoms with Crippen LogP contribution < -0.4 is 10.2 Å². The van der Waals surface area contributed by atoms with Crippen molar-refractivity contribution in [3.05, 3.63) is 18.3 Å². The van der Waals surface area contributed by atoms with Crippen LogP contribution in [-0.4, -0.2) is 34.7 Å². The number of piperidine rings is 1. The maximum Gasteiger partial charge on any atom is 0.256 e. The molecule has 0 atom stereocenters. The molecule has 120 valence electrons. The summed E-state index contributed by atoms with van der Waals surface area (Å²) in [6.45, 7) is 2.11. The molecule has 5 heteroatoms. The fraction of sp³-hybridized carbons (Fsp3) is 0.647. The summed E-state index contributed by atoms with van der Waals surface area (Å²) < 4.78 is 0. The second kappa shape index (κ2) is 6.65. The minimum Gasteiger partial charge on any atom is -0.380 e. The van der Waals surface area contributed by atoms with Crippen LogP contribution in [0, 0.1) is 0 Å². The van der Waals surface area contributed by atoms with Crippen LogP contribution in [0.5, 0.6) is 0 Å². The van der Waals surface area contributed by atoms with Gasteiger partial charge >= 0.3 is 0 Å². The van der Waals surface area contributed by atoms with Crippen molar-refractivity contribution in [2.45, 2.75) is 57.0 Å². The minimum atomic E-state index is -1.20. The summed E-state index contributed by atoms with van der Waals surface area (Å²) in [7, 11) is 0. The van der Waals surface area contributed by atoms with E-state index in [-0.39, 0.29) is 5.91 Å². The van der Waals surface area contributed by atoms with E-state index in [4.69, 9.17) is 0 Å². The molecule has 1 aliphatic carbocycles. The fourth-order valence-corrected chi connectivity index (χ4v) is 3.38. The van der Waals surface area contributed by atoms with E-state index in [1.54, 1.807) is 6.20 Å². The predicted octanol–water partition coefficient (Wildman–Crippen LogP) is 2.71. The Morgan fingerprint density at radius 2 is 1.77 bits per heavy atom. The molecule has 2 aliphatic rings. The highest BCUT2D eigenvalue weighted by molar-refractivity contribution is 5.97. The van der Waals surface area contributed by atoms with Crippen molar-refractivity contribution in [1.29, 1.82) is 0 Å². The second-order valence-electron chi connectivity index (χ2n) is 6.50. The predicted molar refractivity (Wildman–Crippen MR) is 87.0 cm³/mol. The van der Waals surface area contributed by atoms with Crippen molar-refractivity contribution in [3.8, 4) is 0 Å².